The van der Waals surface area contributed by atoms with E-state index in [0.717, 1.165) is 0 Å². The lowest BCUT2D eigenvalue weighted by Crippen LogP contribution is -2.78. The van der Waals surface area contributed by atoms with E-state index in [1.165, 1.54) is 7.11 Å². The number of aliphatic hydroxyl groups excluding tert-OH is 2. The molecule has 0 aromatic heterocycles. The number of Topliss-reactive ketones (excluding diaryl/α,β-unsaturated/α-hetero) is 1. The first kappa shape index (κ1) is 21.2. The molecular formula is C22H34O7. The molecule has 0 spiro atoms. The van der Waals surface area contributed by atoms with Gasteiger partial charge in [-0.25, -0.2) is 0 Å². The molecule has 2 N–H and O–H groups in total. The predicted molar refractivity (Wildman–Crippen MR) is 103 cm³/mol. The van der Waals surface area contributed by atoms with Crippen LogP contribution in [0.2, 0.25) is 0 Å². The molecule has 1 aliphatic heterocycles. The van der Waals surface area contributed by atoms with Gasteiger partial charge in [-0.2, -0.15) is 0 Å². The second-order valence-corrected chi connectivity index (χ2v) is 10.2. The van der Waals surface area contributed by atoms with Gasteiger partial charge in [0.1, 0.15) is 12.2 Å². The monoisotopic (exact) mass is 410 g/mol. The Balaban J connectivity index is 1.95. The van der Waals surface area contributed by atoms with Crippen molar-refractivity contribution in [2.24, 2.45) is 40.4 Å². The van der Waals surface area contributed by atoms with Gasteiger partial charge in [0.25, 0.3) is 0 Å². The van der Waals surface area contributed by atoms with Crippen LogP contribution in [0, 0.1) is 40.4 Å². The lowest BCUT2D eigenvalue weighted by molar-refractivity contribution is -0.310. The lowest BCUT2D eigenvalue weighted by atomic mass is 9.37. The fraction of sp³-hybridized carbons (Fsp3) is 0.909. The van der Waals surface area contributed by atoms with Crippen LogP contribution in [0.4, 0.5) is 0 Å². The standard InChI is InChI=1S/C22H34O7/c1-9-7-12(27-5)19(26)22(4)14(9)15(24)20-21(3)11(8-13(23)29-20)10(2)17(28-6)16(25)18(21)22/h9-12,14-18,20,24-25H,7-8H2,1-6H3/t9-,10-,11+,12-,14-,15-,16-,17+,18+,20-,21+,22+/m1/s1. The number of ether oxygens (including phenoxy) is 3. The Morgan fingerprint density at radius 3 is 2.31 bits per heavy atom. The van der Waals surface area contributed by atoms with Crippen LogP contribution in [0.25, 0.3) is 0 Å². The molecule has 7 nitrogen and oxygen atoms in total. The van der Waals surface area contributed by atoms with Crippen LogP contribution in [0.5, 0.6) is 0 Å². The van der Waals surface area contributed by atoms with E-state index in [0.29, 0.717) is 6.42 Å². The summed E-state index contributed by atoms with van der Waals surface area (Å²) >= 11 is 0. The lowest BCUT2D eigenvalue weighted by Gasteiger charge is -2.70. The van der Waals surface area contributed by atoms with Crippen molar-refractivity contribution in [2.45, 2.75) is 71.1 Å². The van der Waals surface area contributed by atoms with Gasteiger partial charge in [0.05, 0.1) is 18.3 Å². The number of aliphatic hydroxyl groups is 2. The van der Waals surface area contributed by atoms with Gasteiger partial charge in [-0.15, -0.1) is 0 Å². The molecule has 0 aromatic carbocycles. The Bertz CT molecular complexity index is 709. The molecule has 29 heavy (non-hydrogen) atoms. The fourth-order valence-corrected chi connectivity index (χ4v) is 8.11. The summed E-state index contributed by atoms with van der Waals surface area (Å²) < 4.78 is 17.0. The summed E-state index contributed by atoms with van der Waals surface area (Å²) in [5.74, 6) is -1.67. The molecule has 1 saturated heterocycles. The molecule has 0 bridgehead atoms. The Morgan fingerprint density at radius 1 is 1.07 bits per heavy atom. The van der Waals surface area contributed by atoms with Gasteiger partial charge < -0.3 is 24.4 Å². The highest BCUT2D eigenvalue weighted by Crippen LogP contribution is 2.68. The average Bonchev–Trinajstić information content (AvgIpc) is 2.65. The van der Waals surface area contributed by atoms with Crippen LogP contribution in [0.1, 0.15) is 40.5 Å². The van der Waals surface area contributed by atoms with Gasteiger partial charge in [0, 0.05) is 43.3 Å². The van der Waals surface area contributed by atoms with E-state index in [9.17, 15) is 19.8 Å². The number of methoxy groups -OCH3 is 2. The Hall–Kier alpha value is -1.02. The van der Waals surface area contributed by atoms with E-state index in [1.807, 2.05) is 27.7 Å². The molecule has 1 heterocycles. The molecule has 3 saturated carbocycles. The number of hydrogen-bond donors (Lipinski definition) is 2. The van der Waals surface area contributed by atoms with Gasteiger partial charge in [0.2, 0.25) is 0 Å². The first-order valence-corrected chi connectivity index (χ1v) is 10.7. The molecule has 4 aliphatic rings. The van der Waals surface area contributed by atoms with E-state index in [1.54, 1.807) is 7.11 Å². The number of rotatable bonds is 2. The predicted octanol–water partition coefficient (Wildman–Crippen LogP) is 1.19. The van der Waals surface area contributed by atoms with Crippen molar-refractivity contribution in [1.29, 1.82) is 0 Å². The minimum absolute atomic E-state index is 0.0335. The van der Waals surface area contributed by atoms with E-state index >= 15 is 0 Å². The van der Waals surface area contributed by atoms with E-state index in [2.05, 4.69) is 0 Å². The number of fused-ring (bicyclic) bond motifs is 2. The first-order valence-electron chi connectivity index (χ1n) is 10.7. The third kappa shape index (κ3) is 2.45. The van der Waals surface area contributed by atoms with Crippen LogP contribution >= 0.6 is 0 Å². The van der Waals surface area contributed by atoms with E-state index < -0.39 is 53.2 Å². The minimum atomic E-state index is -1.01. The van der Waals surface area contributed by atoms with Gasteiger partial charge in [-0.3, -0.25) is 9.59 Å². The molecule has 0 aromatic rings. The average molecular weight is 411 g/mol. The molecule has 4 rings (SSSR count). The molecule has 0 radical (unpaired) electrons. The Morgan fingerprint density at radius 2 is 1.72 bits per heavy atom. The second-order valence-electron chi connectivity index (χ2n) is 10.2. The summed E-state index contributed by atoms with van der Waals surface area (Å²) in [6, 6.07) is 0. The SMILES string of the molecule is CO[C@H]1[C@H](C)[C@@H]2CC(=O)O[C@@H]3[C@H](O)[C@H]4[C@H](C)C[C@@H](OC)C(=O)[C@]4(C)[C@@H]([C@@H]1O)[C@@]32C. The van der Waals surface area contributed by atoms with E-state index in [4.69, 9.17) is 14.2 Å². The highest BCUT2D eigenvalue weighted by molar-refractivity contribution is 5.91. The maximum Gasteiger partial charge on any atom is 0.306 e. The molecule has 0 amide bonds. The van der Waals surface area contributed by atoms with Gasteiger partial charge in [0.15, 0.2) is 5.78 Å². The van der Waals surface area contributed by atoms with Crippen molar-refractivity contribution < 1.29 is 34.0 Å². The molecule has 164 valence electrons. The Labute approximate surface area is 172 Å². The minimum Gasteiger partial charge on any atom is -0.459 e. The molecule has 3 aliphatic carbocycles. The zero-order valence-corrected chi connectivity index (χ0v) is 18.1. The summed E-state index contributed by atoms with van der Waals surface area (Å²) in [6.07, 6.45) is -3.01. The molecule has 0 unspecified atom stereocenters. The highest BCUT2D eigenvalue weighted by Gasteiger charge is 2.76. The third-order valence-corrected chi connectivity index (χ3v) is 9.15. The fourth-order valence-electron chi connectivity index (χ4n) is 8.11. The second kappa shape index (κ2) is 6.74. The van der Waals surface area contributed by atoms with Crippen LogP contribution in [-0.4, -0.2) is 66.7 Å². The highest BCUT2D eigenvalue weighted by atomic mass is 16.6. The summed E-state index contributed by atoms with van der Waals surface area (Å²) in [5, 5.41) is 23.0. The quantitative estimate of drug-likeness (QED) is 0.659. The van der Waals surface area contributed by atoms with Crippen molar-refractivity contribution >= 4 is 11.8 Å². The summed E-state index contributed by atoms with van der Waals surface area (Å²) in [7, 11) is 3.09. The van der Waals surface area contributed by atoms with Crippen LogP contribution in [0.3, 0.4) is 0 Å². The molecule has 4 fully saturated rings. The molecule has 12 atom stereocenters. The van der Waals surface area contributed by atoms with Gasteiger partial charge in [-0.05, 0) is 24.2 Å². The summed E-state index contributed by atoms with van der Waals surface area (Å²) in [4.78, 5) is 26.2. The van der Waals surface area contributed by atoms with E-state index in [-0.39, 0.29) is 35.9 Å². The zero-order chi connectivity index (χ0) is 21.5. The number of esters is 1. The number of carbonyl (C=O) groups excluding carboxylic acids is 2. The molecule has 7 heteroatoms. The topological polar surface area (TPSA) is 102 Å². The van der Waals surface area contributed by atoms with Crippen molar-refractivity contribution in [3.8, 4) is 0 Å². The third-order valence-electron chi connectivity index (χ3n) is 9.15. The maximum absolute atomic E-state index is 13.7. The van der Waals surface area contributed by atoms with Crippen molar-refractivity contribution in [3.63, 3.8) is 0 Å². The molecular weight excluding hydrogens is 376 g/mol. The van der Waals surface area contributed by atoms with Crippen molar-refractivity contribution in [1.82, 2.24) is 0 Å². The van der Waals surface area contributed by atoms with Crippen LogP contribution < -0.4 is 0 Å². The number of ketones is 1. The largest absolute Gasteiger partial charge is 0.459 e. The van der Waals surface area contributed by atoms with Crippen molar-refractivity contribution in [3.05, 3.63) is 0 Å². The van der Waals surface area contributed by atoms with Crippen LogP contribution in [-0.2, 0) is 23.8 Å². The van der Waals surface area contributed by atoms with Gasteiger partial charge >= 0.3 is 5.97 Å². The maximum atomic E-state index is 13.7. The zero-order valence-electron chi connectivity index (χ0n) is 18.1. The van der Waals surface area contributed by atoms with Crippen LogP contribution in [0.15, 0.2) is 0 Å². The number of carbonyl (C=O) groups is 2. The first-order chi connectivity index (χ1) is 13.5. The summed E-state index contributed by atoms with van der Waals surface area (Å²) in [6.45, 7) is 7.82. The van der Waals surface area contributed by atoms with Gasteiger partial charge in [-0.1, -0.05) is 27.7 Å². The smallest absolute Gasteiger partial charge is 0.306 e. The normalized spacial score (nSPS) is 57.0. The Kier molecular flexibility index (Phi) is 4.93. The van der Waals surface area contributed by atoms with Crippen molar-refractivity contribution in [2.75, 3.05) is 14.2 Å². The summed E-state index contributed by atoms with van der Waals surface area (Å²) in [5.41, 5.74) is -1.75. The number of hydrogen-bond acceptors (Lipinski definition) is 7.